The zero-order valence-corrected chi connectivity index (χ0v) is 5.42. The van der Waals surface area contributed by atoms with E-state index in [-0.39, 0.29) is 5.92 Å². The Hall–Kier alpha value is -0.790. The number of carboxylic acids is 1. The van der Waals surface area contributed by atoms with Gasteiger partial charge in [0.2, 0.25) is 0 Å². The third-order valence-corrected chi connectivity index (χ3v) is 2.13. The highest BCUT2D eigenvalue weighted by Crippen LogP contribution is 2.53. The van der Waals surface area contributed by atoms with Crippen molar-refractivity contribution in [3.05, 3.63) is 12.7 Å². The van der Waals surface area contributed by atoms with Crippen molar-refractivity contribution in [1.82, 2.24) is 0 Å². The molecule has 0 amide bonds. The quantitative estimate of drug-likeness (QED) is 0.566. The van der Waals surface area contributed by atoms with E-state index < -0.39 is 11.4 Å². The van der Waals surface area contributed by atoms with E-state index in [0.29, 0.717) is 0 Å². The molecule has 0 bridgehead atoms. The van der Waals surface area contributed by atoms with Crippen molar-refractivity contribution in [3.63, 3.8) is 0 Å². The first-order chi connectivity index (χ1) is 4.13. The highest BCUT2D eigenvalue weighted by Gasteiger charge is 2.55. The van der Waals surface area contributed by atoms with Crippen LogP contribution >= 0.6 is 0 Å². The predicted octanol–water partition coefficient (Wildman–Crippen LogP) is 1.28. The van der Waals surface area contributed by atoms with Crippen molar-refractivity contribution in [2.45, 2.75) is 13.3 Å². The highest BCUT2D eigenvalue weighted by molar-refractivity contribution is 5.80. The second-order valence-corrected chi connectivity index (χ2v) is 2.65. The van der Waals surface area contributed by atoms with Gasteiger partial charge in [0.05, 0.1) is 5.41 Å². The van der Waals surface area contributed by atoms with Gasteiger partial charge in [0.25, 0.3) is 0 Å². The summed E-state index contributed by atoms with van der Waals surface area (Å²) < 4.78 is 0. The fourth-order valence-electron chi connectivity index (χ4n) is 1.12. The fraction of sp³-hybridized carbons (Fsp3) is 0.571. The van der Waals surface area contributed by atoms with Gasteiger partial charge in [-0.05, 0) is 12.3 Å². The van der Waals surface area contributed by atoms with E-state index in [1.54, 1.807) is 6.08 Å². The van der Waals surface area contributed by atoms with E-state index >= 15 is 0 Å². The lowest BCUT2D eigenvalue weighted by Gasteiger charge is -2.00. The van der Waals surface area contributed by atoms with E-state index in [0.717, 1.165) is 6.42 Å². The van der Waals surface area contributed by atoms with Crippen LogP contribution in [0.4, 0.5) is 0 Å². The van der Waals surface area contributed by atoms with Crippen LogP contribution in [0.15, 0.2) is 12.7 Å². The molecule has 0 radical (unpaired) electrons. The predicted molar refractivity (Wildman–Crippen MR) is 34.0 cm³/mol. The molecule has 0 spiro atoms. The van der Waals surface area contributed by atoms with Crippen LogP contribution < -0.4 is 0 Å². The fourth-order valence-corrected chi connectivity index (χ4v) is 1.12. The molecule has 1 saturated carbocycles. The Morgan fingerprint density at radius 1 is 2.00 bits per heavy atom. The van der Waals surface area contributed by atoms with Crippen LogP contribution in [0.3, 0.4) is 0 Å². The molecule has 1 fully saturated rings. The Bertz CT molecular complexity index is 162. The summed E-state index contributed by atoms with van der Waals surface area (Å²) in [6.45, 7) is 5.41. The van der Waals surface area contributed by atoms with Crippen LogP contribution in [0, 0.1) is 11.3 Å². The van der Waals surface area contributed by atoms with E-state index in [1.807, 2.05) is 6.92 Å². The molecule has 1 rings (SSSR count). The minimum absolute atomic E-state index is 0.285. The summed E-state index contributed by atoms with van der Waals surface area (Å²) in [4.78, 5) is 10.5. The van der Waals surface area contributed by atoms with Gasteiger partial charge in [-0.1, -0.05) is 13.0 Å². The van der Waals surface area contributed by atoms with Crippen molar-refractivity contribution in [1.29, 1.82) is 0 Å². The first-order valence-electron chi connectivity index (χ1n) is 3.00. The normalized spacial score (nSPS) is 39.9. The third-order valence-electron chi connectivity index (χ3n) is 2.13. The molecule has 1 aliphatic carbocycles. The first kappa shape index (κ1) is 6.33. The maximum Gasteiger partial charge on any atom is 0.313 e. The van der Waals surface area contributed by atoms with Gasteiger partial charge >= 0.3 is 5.97 Å². The van der Waals surface area contributed by atoms with Crippen LogP contribution in [-0.2, 0) is 4.79 Å². The lowest BCUT2D eigenvalue weighted by atomic mass is 10.1. The van der Waals surface area contributed by atoms with Crippen molar-refractivity contribution in [2.75, 3.05) is 0 Å². The maximum absolute atomic E-state index is 10.5. The number of hydrogen-bond acceptors (Lipinski definition) is 1. The Labute approximate surface area is 54.2 Å². The molecule has 2 heteroatoms. The van der Waals surface area contributed by atoms with Crippen LogP contribution in [0.25, 0.3) is 0 Å². The number of hydrogen-bond donors (Lipinski definition) is 1. The lowest BCUT2D eigenvalue weighted by molar-refractivity contribution is -0.141. The van der Waals surface area contributed by atoms with Gasteiger partial charge < -0.3 is 5.11 Å². The summed E-state index contributed by atoms with van der Waals surface area (Å²) in [7, 11) is 0. The van der Waals surface area contributed by atoms with Gasteiger partial charge in [0.1, 0.15) is 0 Å². The highest BCUT2D eigenvalue weighted by atomic mass is 16.4. The van der Waals surface area contributed by atoms with Crippen LogP contribution in [0.2, 0.25) is 0 Å². The molecule has 0 unspecified atom stereocenters. The summed E-state index contributed by atoms with van der Waals surface area (Å²) in [5, 5.41) is 8.60. The molecule has 0 aliphatic heterocycles. The zero-order valence-electron chi connectivity index (χ0n) is 5.42. The Kier molecular flexibility index (Phi) is 1.12. The van der Waals surface area contributed by atoms with E-state index in [1.165, 1.54) is 0 Å². The van der Waals surface area contributed by atoms with Crippen LogP contribution in [-0.4, -0.2) is 11.1 Å². The Morgan fingerprint density at radius 3 is 2.44 bits per heavy atom. The summed E-state index contributed by atoms with van der Waals surface area (Å²) >= 11 is 0. The molecule has 0 heterocycles. The van der Waals surface area contributed by atoms with E-state index in [9.17, 15) is 4.79 Å². The summed E-state index contributed by atoms with van der Waals surface area (Å²) in [5.41, 5.74) is -0.569. The van der Waals surface area contributed by atoms with E-state index in [4.69, 9.17) is 5.11 Å². The monoisotopic (exact) mass is 126 g/mol. The molecule has 0 aromatic heterocycles. The average molecular weight is 126 g/mol. The third kappa shape index (κ3) is 0.661. The first-order valence-corrected chi connectivity index (χ1v) is 3.00. The second kappa shape index (κ2) is 1.59. The number of carbonyl (C=O) groups is 1. The van der Waals surface area contributed by atoms with Gasteiger partial charge in [0.15, 0.2) is 0 Å². The molecule has 2 atom stereocenters. The Balaban J connectivity index is 2.73. The van der Waals surface area contributed by atoms with Gasteiger partial charge in [-0.3, -0.25) is 4.79 Å². The van der Waals surface area contributed by atoms with Crippen molar-refractivity contribution >= 4 is 5.97 Å². The molecule has 1 N–H and O–H groups in total. The second-order valence-electron chi connectivity index (χ2n) is 2.65. The summed E-state index contributed by atoms with van der Waals surface area (Å²) in [5.74, 6) is -0.447. The molecular weight excluding hydrogens is 116 g/mol. The van der Waals surface area contributed by atoms with Crippen LogP contribution in [0.5, 0.6) is 0 Å². The van der Waals surface area contributed by atoms with Gasteiger partial charge in [-0.2, -0.15) is 0 Å². The maximum atomic E-state index is 10.5. The Morgan fingerprint density at radius 2 is 2.44 bits per heavy atom. The number of rotatable bonds is 2. The summed E-state index contributed by atoms with van der Waals surface area (Å²) in [6.07, 6.45) is 2.30. The molecule has 2 nitrogen and oxygen atoms in total. The molecule has 50 valence electrons. The minimum Gasteiger partial charge on any atom is -0.481 e. The SMILES string of the molecule is C=C[C@@]1(C(=O)O)C[C@H]1C. The van der Waals surface area contributed by atoms with Crippen LogP contribution in [0.1, 0.15) is 13.3 Å². The minimum atomic E-state index is -0.731. The van der Waals surface area contributed by atoms with E-state index in [2.05, 4.69) is 6.58 Å². The zero-order chi connectivity index (χ0) is 7.07. The van der Waals surface area contributed by atoms with Gasteiger partial charge in [-0.25, -0.2) is 0 Å². The van der Waals surface area contributed by atoms with Gasteiger partial charge in [0, 0.05) is 0 Å². The van der Waals surface area contributed by atoms with Gasteiger partial charge in [-0.15, -0.1) is 6.58 Å². The lowest BCUT2D eigenvalue weighted by Crippen LogP contribution is -2.13. The number of carboxylic acid groups (broad SMARTS) is 1. The molecule has 1 aliphatic rings. The largest absolute Gasteiger partial charge is 0.481 e. The molecular formula is C7H10O2. The topological polar surface area (TPSA) is 37.3 Å². The van der Waals surface area contributed by atoms with Crippen molar-refractivity contribution < 1.29 is 9.90 Å². The number of aliphatic carboxylic acids is 1. The average Bonchev–Trinajstić information content (AvgIpc) is 2.43. The van der Waals surface area contributed by atoms with Crippen molar-refractivity contribution in [3.8, 4) is 0 Å². The van der Waals surface area contributed by atoms with Crippen molar-refractivity contribution in [2.24, 2.45) is 11.3 Å². The molecule has 0 aromatic rings. The molecule has 9 heavy (non-hydrogen) atoms. The standard InChI is InChI=1S/C7H10O2/c1-3-7(6(8)9)4-5(7)2/h3,5H,1,4H2,2H3,(H,8,9)/t5-,7-/m1/s1. The summed E-state index contributed by atoms with van der Waals surface area (Å²) in [6, 6.07) is 0. The smallest absolute Gasteiger partial charge is 0.313 e. The molecule has 0 saturated heterocycles. The molecule has 0 aromatic carbocycles.